The molecular formula is C17H28N2O2. The lowest BCUT2D eigenvalue weighted by Crippen LogP contribution is -2.40. The average Bonchev–Trinajstić information content (AvgIpc) is 2.68. The molecule has 0 spiro atoms. The SMILES string of the molecule is CCCN1CCCCC(N)C1c1ccc(OC)c(OC)c1. The molecule has 21 heavy (non-hydrogen) atoms. The van der Waals surface area contributed by atoms with Gasteiger partial charge in [-0.3, -0.25) is 4.90 Å². The number of rotatable bonds is 5. The largest absolute Gasteiger partial charge is 0.493 e. The lowest BCUT2D eigenvalue weighted by atomic mass is 9.95. The third-order valence-electron chi connectivity index (χ3n) is 4.29. The first-order valence-electron chi connectivity index (χ1n) is 7.92. The molecule has 1 heterocycles. The molecule has 2 atom stereocenters. The van der Waals surface area contributed by atoms with Gasteiger partial charge in [0.05, 0.1) is 20.3 Å². The van der Waals surface area contributed by atoms with Crippen molar-refractivity contribution in [3.63, 3.8) is 0 Å². The molecule has 118 valence electrons. The summed E-state index contributed by atoms with van der Waals surface area (Å²) >= 11 is 0. The zero-order valence-corrected chi connectivity index (χ0v) is 13.5. The highest BCUT2D eigenvalue weighted by atomic mass is 16.5. The van der Waals surface area contributed by atoms with Gasteiger partial charge in [0.25, 0.3) is 0 Å². The molecule has 0 bridgehead atoms. The third kappa shape index (κ3) is 3.69. The van der Waals surface area contributed by atoms with Gasteiger partial charge in [-0.2, -0.15) is 0 Å². The van der Waals surface area contributed by atoms with Crippen molar-refractivity contribution in [1.82, 2.24) is 4.90 Å². The van der Waals surface area contributed by atoms with Crippen molar-refractivity contribution in [2.75, 3.05) is 27.3 Å². The summed E-state index contributed by atoms with van der Waals surface area (Å²) in [7, 11) is 3.34. The van der Waals surface area contributed by atoms with Crippen LogP contribution in [0, 0.1) is 0 Å². The van der Waals surface area contributed by atoms with Gasteiger partial charge in [0.1, 0.15) is 0 Å². The van der Waals surface area contributed by atoms with Crippen molar-refractivity contribution in [1.29, 1.82) is 0 Å². The molecule has 0 aliphatic carbocycles. The van der Waals surface area contributed by atoms with E-state index in [0.717, 1.165) is 37.4 Å². The average molecular weight is 292 g/mol. The summed E-state index contributed by atoms with van der Waals surface area (Å²) in [5.74, 6) is 1.55. The normalized spacial score (nSPS) is 23.6. The van der Waals surface area contributed by atoms with Crippen LogP contribution in [0.1, 0.15) is 44.2 Å². The summed E-state index contributed by atoms with van der Waals surface area (Å²) in [6, 6.07) is 6.64. The molecule has 2 unspecified atom stereocenters. The second-order valence-electron chi connectivity index (χ2n) is 5.75. The molecule has 1 fully saturated rings. The summed E-state index contributed by atoms with van der Waals surface area (Å²) in [5.41, 5.74) is 7.71. The number of benzene rings is 1. The first kappa shape index (κ1) is 16.1. The minimum atomic E-state index is 0.178. The predicted molar refractivity (Wildman–Crippen MR) is 86.0 cm³/mol. The fraction of sp³-hybridized carbons (Fsp3) is 0.647. The molecule has 2 N–H and O–H groups in total. The number of hydrogen-bond acceptors (Lipinski definition) is 4. The van der Waals surface area contributed by atoms with Crippen molar-refractivity contribution in [3.8, 4) is 11.5 Å². The third-order valence-corrected chi connectivity index (χ3v) is 4.29. The quantitative estimate of drug-likeness (QED) is 0.906. The molecule has 1 saturated heterocycles. The van der Waals surface area contributed by atoms with E-state index >= 15 is 0 Å². The van der Waals surface area contributed by atoms with E-state index in [1.807, 2.05) is 6.07 Å². The number of likely N-dealkylation sites (tertiary alicyclic amines) is 1. The Bertz CT molecular complexity index is 450. The molecule has 2 rings (SSSR count). The molecule has 0 saturated carbocycles. The van der Waals surface area contributed by atoms with E-state index in [2.05, 4.69) is 24.0 Å². The first-order chi connectivity index (χ1) is 10.2. The van der Waals surface area contributed by atoms with Crippen molar-refractivity contribution >= 4 is 0 Å². The highest BCUT2D eigenvalue weighted by molar-refractivity contribution is 5.44. The van der Waals surface area contributed by atoms with E-state index in [0.29, 0.717) is 0 Å². The lowest BCUT2D eigenvalue weighted by Gasteiger charge is -2.34. The summed E-state index contributed by atoms with van der Waals surface area (Å²) in [6.45, 7) is 4.44. The van der Waals surface area contributed by atoms with Crippen LogP contribution in [-0.2, 0) is 0 Å². The lowest BCUT2D eigenvalue weighted by molar-refractivity contribution is 0.185. The fourth-order valence-electron chi connectivity index (χ4n) is 3.30. The number of ether oxygens (including phenoxy) is 2. The summed E-state index contributed by atoms with van der Waals surface area (Å²) in [6.07, 6.45) is 4.68. The molecular weight excluding hydrogens is 264 g/mol. The monoisotopic (exact) mass is 292 g/mol. The van der Waals surface area contributed by atoms with Crippen LogP contribution in [0.4, 0.5) is 0 Å². The van der Waals surface area contributed by atoms with Crippen molar-refractivity contribution in [3.05, 3.63) is 23.8 Å². The number of nitrogens with zero attached hydrogens (tertiary/aromatic N) is 1. The highest BCUT2D eigenvalue weighted by Crippen LogP contribution is 2.35. The fourth-order valence-corrected chi connectivity index (χ4v) is 3.30. The van der Waals surface area contributed by atoms with E-state index in [1.54, 1.807) is 14.2 Å². The molecule has 1 aliphatic rings. The molecule has 1 aromatic carbocycles. The maximum atomic E-state index is 6.48. The Kier molecular flexibility index (Phi) is 5.88. The smallest absolute Gasteiger partial charge is 0.161 e. The number of methoxy groups -OCH3 is 2. The zero-order valence-electron chi connectivity index (χ0n) is 13.5. The maximum Gasteiger partial charge on any atom is 0.161 e. The van der Waals surface area contributed by atoms with E-state index in [-0.39, 0.29) is 12.1 Å². The minimum absolute atomic E-state index is 0.178. The molecule has 1 aromatic rings. The van der Waals surface area contributed by atoms with Gasteiger partial charge in [-0.25, -0.2) is 0 Å². The van der Waals surface area contributed by atoms with Gasteiger partial charge in [0.2, 0.25) is 0 Å². The first-order valence-corrected chi connectivity index (χ1v) is 7.92. The van der Waals surface area contributed by atoms with Gasteiger partial charge >= 0.3 is 0 Å². The van der Waals surface area contributed by atoms with Crippen LogP contribution in [-0.4, -0.2) is 38.3 Å². The van der Waals surface area contributed by atoms with Gasteiger partial charge < -0.3 is 15.2 Å². The van der Waals surface area contributed by atoms with E-state index < -0.39 is 0 Å². The van der Waals surface area contributed by atoms with Crippen molar-refractivity contribution in [2.45, 2.75) is 44.7 Å². The van der Waals surface area contributed by atoms with Crippen LogP contribution >= 0.6 is 0 Å². The second-order valence-corrected chi connectivity index (χ2v) is 5.75. The number of nitrogens with two attached hydrogens (primary N) is 1. The van der Waals surface area contributed by atoms with Gasteiger partial charge in [0.15, 0.2) is 11.5 Å². The Hall–Kier alpha value is -1.26. The topological polar surface area (TPSA) is 47.7 Å². The van der Waals surface area contributed by atoms with Crippen LogP contribution in [0.3, 0.4) is 0 Å². The minimum Gasteiger partial charge on any atom is -0.493 e. The van der Waals surface area contributed by atoms with Crippen LogP contribution in [0.25, 0.3) is 0 Å². The Morgan fingerprint density at radius 2 is 1.95 bits per heavy atom. The Morgan fingerprint density at radius 3 is 2.62 bits per heavy atom. The predicted octanol–water partition coefficient (Wildman–Crippen LogP) is 2.97. The van der Waals surface area contributed by atoms with Gasteiger partial charge in [-0.05, 0) is 50.0 Å². The molecule has 0 amide bonds. The Morgan fingerprint density at radius 1 is 1.19 bits per heavy atom. The Labute approximate surface area is 128 Å². The van der Waals surface area contributed by atoms with Crippen molar-refractivity contribution < 1.29 is 9.47 Å². The van der Waals surface area contributed by atoms with Gasteiger partial charge in [0, 0.05) is 6.04 Å². The van der Waals surface area contributed by atoms with Crippen LogP contribution < -0.4 is 15.2 Å². The molecule has 0 radical (unpaired) electrons. The van der Waals surface area contributed by atoms with Crippen LogP contribution in [0.5, 0.6) is 11.5 Å². The van der Waals surface area contributed by atoms with Crippen LogP contribution in [0.2, 0.25) is 0 Å². The Balaban J connectivity index is 2.34. The summed E-state index contributed by atoms with van der Waals surface area (Å²) in [4.78, 5) is 2.53. The molecule has 4 heteroatoms. The maximum absolute atomic E-state index is 6.48. The summed E-state index contributed by atoms with van der Waals surface area (Å²) < 4.78 is 10.8. The zero-order chi connectivity index (χ0) is 15.2. The molecule has 1 aliphatic heterocycles. The van der Waals surface area contributed by atoms with Gasteiger partial charge in [-0.15, -0.1) is 0 Å². The second kappa shape index (κ2) is 7.66. The molecule has 4 nitrogen and oxygen atoms in total. The molecule has 0 aromatic heterocycles. The van der Waals surface area contributed by atoms with E-state index in [1.165, 1.54) is 18.4 Å². The van der Waals surface area contributed by atoms with Crippen molar-refractivity contribution in [2.24, 2.45) is 5.73 Å². The standard InChI is InChI=1S/C17H28N2O2/c1-4-10-19-11-6-5-7-14(18)17(19)13-8-9-15(20-2)16(12-13)21-3/h8-9,12,14,17H,4-7,10-11,18H2,1-3H3. The summed E-state index contributed by atoms with van der Waals surface area (Å²) in [5, 5.41) is 0. The van der Waals surface area contributed by atoms with Gasteiger partial charge in [-0.1, -0.05) is 19.4 Å². The van der Waals surface area contributed by atoms with E-state index in [4.69, 9.17) is 15.2 Å². The van der Waals surface area contributed by atoms with E-state index in [9.17, 15) is 0 Å². The number of hydrogen-bond donors (Lipinski definition) is 1. The van der Waals surface area contributed by atoms with Crippen LogP contribution in [0.15, 0.2) is 18.2 Å². The highest BCUT2D eigenvalue weighted by Gasteiger charge is 2.28.